The Morgan fingerprint density at radius 3 is 2.77 bits per heavy atom. The lowest BCUT2D eigenvalue weighted by molar-refractivity contribution is -0.138. The third-order valence-electron chi connectivity index (χ3n) is 5.72. The molecule has 0 saturated heterocycles. The van der Waals surface area contributed by atoms with Crippen molar-refractivity contribution in [2.75, 3.05) is 6.61 Å². The van der Waals surface area contributed by atoms with E-state index in [1.807, 2.05) is 30.3 Å². The summed E-state index contributed by atoms with van der Waals surface area (Å²) in [4.78, 5) is 36.0. The van der Waals surface area contributed by atoms with E-state index in [1.165, 1.54) is 17.4 Å². The van der Waals surface area contributed by atoms with Crippen LogP contribution in [0.25, 0.3) is 16.8 Å². The molecular weight excluding hydrogens is 482 g/mol. The van der Waals surface area contributed by atoms with Gasteiger partial charge in [0.2, 0.25) is 0 Å². The van der Waals surface area contributed by atoms with Gasteiger partial charge in [-0.15, -0.1) is 0 Å². The zero-order chi connectivity index (χ0) is 24.5. The fourth-order valence-corrected chi connectivity index (χ4v) is 5.27. The molecule has 5 rings (SSSR count). The molecule has 35 heavy (non-hydrogen) atoms. The minimum absolute atomic E-state index is 0.0597. The first-order valence-corrected chi connectivity index (χ1v) is 12.1. The number of thiazole rings is 1. The highest BCUT2D eigenvalue weighted by atomic mass is 35.5. The summed E-state index contributed by atoms with van der Waals surface area (Å²) in [7, 11) is 0. The van der Waals surface area contributed by atoms with Gasteiger partial charge >= 0.3 is 5.97 Å². The SMILES string of the molecule is C=CCOC(=O)C1=C(C)N=c2s/c(=C\c3ccc4ccncc4c3)c(=O)n2C1c1ccc(Cl)cc1. The maximum absolute atomic E-state index is 13.7. The topological polar surface area (TPSA) is 73.6 Å². The standard InChI is InChI=1S/C27H20ClN3O3S/c1-3-12-34-26(33)23-16(2)30-27-31(24(23)19-6-8-21(28)9-7-19)25(32)22(35-27)14-17-4-5-18-10-11-29-15-20(18)13-17/h3-11,13-15,24H,1,12H2,2H3/b22-14-. The van der Waals surface area contributed by atoms with Gasteiger partial charge in [-0.1, -0.05) is 59.9 Å². The second-order valence-corrected chi connectivity index (χ2v) is 9.45. The molecule has 4 aromatic rings. The molecule has 1 aliphatic heterocycles. The number of pyridine rings is 1. The predicted octanol–water partition coefficient (Wildman–Crippen LogP) is 4.17. The van der Waals surface area contributed by atoms with E-state index < -0.39 is 12.0 Å². The summed E-state index contributed by atoms with van der Waals surface area (Å²) in [5, 5.41) is 2.61. The van der Waals surface area contributed by atoms with Gasteiger partial charge in [-0.25, -0.2) is 9.79 Å². The summed E-state index contributed by atoms with van der Waals surface area (Å²) in [5.74, 6) is -0.539. The molecule has 0 aliphatic carbocycles. The number of carbonyl (C=O) groups excluding carboxylic acids is 1. The Hall–Kier alpha value is -3.81. The van der Waals surface area contributed by atoms with E-state index in [0.717, 1.165) is 21.9 Å². The van der Waals surface area contributed by atoms with Crippen LogP contribution in [-0.2, 0) is 9.53 Å². The van der Waals surface area contributed by atoms with Crippen LogP contribution in [0.4, 0.5) is 0 Å². The average Bonchev–Trinajstić information content (AvgIpc) is 3.16. The van der Waals surface area contributed by atoms with Gasteiger partial charge in [0.15, 0.2) is 4.80 Å². The quantitative estimate of drug-likeness (QED) is 0.304. The zero-order valence-electron chi connectivity index (χ0n) is 18.8. The molecule has 0 N–H and O–H groups in total. The number of allylic oxidation sites excluding steroid dienone is 1. The highest BCUT2D eigenvalue weighted by Gasteiger charge is 2.33. The van der Waals surface area contributed by atoms with Crippen LogP contribution >= 0.6 is 22.9 Å². The molecule has 174 valence electrons. The van der Waals surface area contributed by atoms with Gasteiger partial charge in [0, 0.05) is 22.8 Å². The lowest BCUT2D eigenvalue weighted by Crippen LogP contribution is -2.39. The van der Waals surface area contributed by atoms with E-state index >= 15 is 0 Å². The van der Waals surface area contributed by atoms with Gasteiger partial charge in [0.05, 0.1) is 21.8 Å². The number of rotatable bonds is 5. The number of hydrogen-bond acceptors (Lipinski definition) is 6. The van der Waals surface area contributed by atoms with E-state index in [9.17, 15) is 9.59 Å². The summed E-state index contributed by atoms with van der Waals surface area (Å²) in [5.41, 5.74) is 2.19. The Morgan fingerprint density at radius 1 is 1.20 bits per heavy atom. The van der Waals surface area contributed by atoms with Crippen LogP contribution in [0.5, 0.6) is 0 Å². The Labute approximate surface area is 209 Å². The van der Waals surface area contributed by atoms with Gasteiger partial charge in [-0.2, -0.15) is 0 Å². The molecule has 8 heteroatoms. The van der Waals surface area contributed by atoms with E-state index in [0.29, 0.717) is 25.6 Å². The molecule has 0 fully saturated rings. The molecule has 1 atom stereocenters. The molecule has 0 spiro atoms. The van der Waals surface area contributed by atoms with Crippen molar-refractivity contribution in [2.24, 2.45) is 4.99 Å². The van der Waals surface area contributed by atoms with Crippen LogP contribution in [0.15, 0.2) is 94.6 Å². The summed E-state index contributed by atoms with van der Waals surface area (Å²) in [6, 6.07) is 14.3. The maximum atomic E-state index is 13.7. The van der Waals surface area contributed by atoms with Crippen molar-refractivity contribution in [3.8, 4) is 0 Å². The van der Waals surface area contributed by atoms with Crippen molar-refractivity contribution in [1.82, 2.24) is 9.55 Å². The van der Waals surface area contributed by atoms with E-state index in [1.54, 1.807) is 48.1 Å². The second kappa shape index (κ2) is 9.44. The number of fused-ring (bicyclic) bond motifs is 2. The van der Waals surface area contributed by atoms with Crippen molar-refractivity contribution in [3.63, 3.8) is 0 Å². The fourth-order valence-electron chi connectivity index (χ4n) is 4.10. The number of nitrogens with zero attached hydrogens (tertiary/aromatic N) is 3. The zero-order valence-corrected chi connectivity index (χ0v) is 20.3. The number of benzene rings is 2. The Kier molecular flexibility index (Phi) is 6.19. The van der Waals surface area contributed by atoms with Crippen LogP contribution in [-0.4, -0.2) is 22.1 Å². The fraction of sp³-hybridized carbons (Fsp3) is 0.111. The molecule has 2 aromatic carbocycles. The molecule has 0 radical (unpaired) electrons. The summed E-state index contributed by atoms with van der Waals surface area (Å²) in [6.45, 7) is 5.41. The smallest absolute Gasteiger partial charge is 0.338 e. The maximum Gasteiger partial charge on any atom is 0.338 e. The number of carbonyl (C=O) groups is 1. The number of ether oxygens (including phenoxy) is 1. The molecular formula is C27H20ClN3O3S. The lowest BCUT2D eigenvalue weighted by atomic mass is 9.96. The van der Waals surface area contributed by atoms with E-state index in [-0.39, 0.29) is 12.2 Å². The monoisotopic (exact) mass is 501 g/mol. The highest BCUT2D eigenvalue weighted by molar-refractivity contribution is 7.07. The minimum Gasteiger partial charge on any atom is -0.458 e. The summed E-state index contributed by atoms with van der Waals surface area (Å²) in [6.07, 6.45) is 6.87. The van der Waals surface area contributed by atoms with Crippen LogP contribution in [0.1, 0.15) is 24.1 Å². The van der Waals surface area contributed by atoms with Crippen LogP contribution in [0.2, 0.25) is 5.02 Å². The molecule has 1 aliphatic rings. The third kappa shape index (κ3) is 4.36. The molecule has 0 saturated carbocycles. The molecule has 0 bridgehead atoms. The number of halogens is 1. The summed E-state index contributed by atoms with van der Waals surface area (Å²) < 4.78 is 7.42. The Morgan fingerprint density at radius 2 is 2.00 bits per heavy atom. The Balaban J connectivity index is 1.69. The van der Waals surface area contributed by atoms with Crippen molar-refractivity contribution in [3.05, 3.63) is 121 Å². The van der Waals surface area contributed by atoms with Crippen LogP contribution < -0.4 is 14.9 Å². The normalized spacial score (nSPS) is 15.6. The molecule has 0 amide bonds. The lowest BCUT2D eigenvalue weighted by Gasteiger charge is -2.24. The van der Waals surface area contributed by atoms with E-state index in [4.69, 9.17) is 16.3 Å². The largest absolute Gasteiger partial charge is 0.458 e. The molecule has 2 aromatic heterocycles. The first-order valence-electron chi connectivity index (χ1n) is 10.9. The predicted molar refractivity (Wildman–Crippen MR) is 138 cm³/mol. The number of hydrogen-bond donors (Lipinski definition) is 0. The molecule has 3 heterocycles. The highest BCUT2D eigenvalue weighted by Crippen LogP contribution is 2.31. The minimum atomic E-state index is -0.691. The van der Waals surface area contributed by atoms with Crippen LogP contribution in [0.3, 0.4) is 0 Å². The molecule has 6 nitrogen and oxygen atoms in total. The summed E-state index contributed by atoms with van der Waals surface area (Å²) >= 11 is 7.39. The average molecular weight is 502 g/mol. The number of aromatic nitrogens is 2. The molecule has 1 unspecified atom stereocenters. The van der Waals surface area contributed by atoms with Gasteiger partial charge in [-0.3, -0.25) is 14.3 Å². The van der Waals surface area contributed by atoms with Gasteiger partial charge < -0.3 is 4.74 Å². The van der Waals surface area contributed by atoms with E-state index in [2.05, 4.69) is 16.6 Å². The van der Waals surface area contributed by atoms with Crippen molar-refractivity contribution in [1.29, 1.82) is 0 Å². The third-order valence-corrected chi connectivity index (χ3v) is 6.96. The van der Waals surface area contributed by atoms with Crippen molar-refractivity contribution in [2.45, 2.75) is 13.0 Å². The van der Waals surface area contributed by atoms with Crippen molar-refractivity contribution >= 4 is 45.8 Å². The van der Waals surface area contributed by atoms with Gasteiger partial charge in [0.1, 0.15) is 6.61 Å². The van der Waals surface area contributed by atoms with Gasteiger partial charge in [-0.05, 0) is 53.8 Å². The first kappa shape index (κ1) is 23.0. The first-order chi connectivity index (χ1) is 17.0. The van der Waals surface area contributed by atoms with Crippen LogP contribution in [0, 0.1) is 0 Å². The number of esters is 1. The second-order valence-electron chi connectivity index (χ2n) is 8.00. The van der Waals surface area contributed by atoms with Crippen molar-refractivity contribution < 1.29 is 9.53 Å². The Bertz CT molecular complexity index is 1680. The van der Waals surface area contributed by atoms with Gasteiger partial charge in [0.25, 0.3) is 5.56 Å².